The lowest BCUT2D eigenvalue weighted by molar-refractivity contribution is -0.385. The average Bonchev–Trinajstić information content (AvgIpc) is 3.33. The molecule has 1 atom stereocenters. The third-order valence-corrected chi connectivity index (χ3v) is 4.43. The first-order valence-electron chi connectivity index (χ1n) is 9.09. The van der Waals surface area contributed by atoms with Gasteiger partial charge in [-0.1, -0.05) is 17.7 Å². The van der Waals surface area contributed by atoms with Crippen LogP contribution in [0.2, 0.25) is 0 Å². The number of methoxy groups -OCH3 is 1. The summed E-state index contributed by atoms with van der Waals surface area (Å²) in [7, 11) is 1.28. The fourth-order valence-electron chi connectivity index (χ4n) is 2.80. The van der Waals surface area contributed by atoms with Gasteiger partial charge in [-0.2, -0.15) is 5.10 Å². The number of nitrogens with one attached hydrogen (secondary N) is 1. The molecule has 0 aliphatic rings. The number of carbonyl (C=O) groups is 1. The number of hydrogen-bond acceptors (Lipinski definition) is 7. The molecule has 1 N–H and O–H groups in total. The molecule has 0 aliphatic heterocycles. The molecule has 30 heavy (non-hydrogen) atoms. The maximum absolute atomic E-state index is 12.5. The predicted molar refractivity (Wildman–Crippen MR) is 108 cm³/mol. The number of ether oxygens (including phenoxy) is 2. The maximum Gasteiger partial charge on any atom is 0.350 e. The number of aryl methyl sites for hydroxylation is 2. The van der Waals surface area contributed by atoms with Crippen molar-refractivity contribution in [1.29, 1.82) is 0 Å². The van der Waals surface area contributed by atoms with Crippen molar-refractivity contribution in [2.24, 2.45) is 0 Å². The Bertz CT molecular complexity index is 1070. The lowest BCUT2D eigenvalue weighted by Gasteiger charge is -2.11. The molecule has 0 aliphatic carbocycles. The largest absolute Gasteiger partial charge is 0.475 e. The Morgan fingerprint density at radius 1 is 1.33 bits per heavy atom. The number of aromatic nitrogens is 4. The van der Waals surface area contributed by atoms with Gasteiger partial charge in [-0.3, -0.25) is 14.9 Å². The van der Waals surface area contributed by atoms with Crippen molar-refractivity contribution in [3.05, 3.63) is 58.0 Å². The van der Waals surface area contributed by atoms with Crippen LogP contribution >= 0.6 is 0 Å². The van der Waals surface area contributed by atoms with E-state index >= 15 is 0 Å². The molecule has 158 valence electrons. The molecule has 1 aromatic carbocycles. The lowest BCUT2D eigenvalue weighted by Crippen LogP contribution is -2.23. The normalized spacial score (nSPS) is 11.7. The third kappa shape index (κ3) is 4.57. The van der Waals surface area contributed by atoms with Crippen LogP contribution in [0.15, 0.2) is 36.8 Å². The van der Waals surface area contributed by atoms with Crippen LogP contribution in [-0.2, 0) is 11.5 Å². The molecule has 3 rings (SSSR count). The Morgan fingerprint density at radius 2 is 2.10 bits per heavy atom. The molecular weight excluding hydrogens is 392 g/mol. The summed E-state index contributed by atoms with van der Waals surface area (Å²) in [5.74, 6) is 0.186. The first-order chi connectivity index (χ1) is 14.3. The number of nitrogens with zero attached hydrogens (tertiary/aromatic N) is 5. The van der Waals surface area contributed by atoms with E-state index in [-0.39, 0.29) is 18.3 Å². The molecular formula is C19H22N6O5. The highest BCUT2D eigenvalue weighted by molar-refractivity contribution is 5.93. The van der Waals surface area contributed by atoms with Gasteiger partial charge in [0, 0.05) is 0 Å². The van der Waals surface area contributed by atoms with E-state index in [1.54, 1.807) is 17.8 Å². The van der Waals surface area contributed by atoms with Gasteiger partial charge < -0.3 is 14.8 Å². The second-order valence-corrected chi connectivity index (χ2v) is 6.74. The zero-order chi connectivity index (χ0) is 21.8. The summed E-state index contributed by atoms with van der Waals surface area (Å²) in [6.07, 6.45) is 4.27. The highest BCUT2D eigenvalue weighted by Gasteiger charge is 2.25. The summed E-state index contributed by atoms with van der Waals surface area (Å²) in [6, 6.07) is 5.09. The van der Waals surface area contributed by atoms with Crippen LogP contribution in [0.4, 0.5) is 11.4 Å². The summed E-state index contributed by atoms with van der Waals surface area (Å²) in [5.41, 5.74) is 2.32. The van der Waals surface area contributed by atoms with Crippen molar-refractivity contribution in [2.75, 3.05) is 12.4 Å². The number of rotatable bonds is 8. The van der Waals surface area contributed by atoms with Crippen molar-refractivity contribution < 1.29 is 19.2 Å². The first-order valence-corrected chi connectivity index (χ1v) is 9.09. The van der Waals surface area contributed by atoms with E-state index in [2.05, 4.69) is 15.5 Å². The first kappa shape index (κ1) is 20.8. The minimum absolute atomic E-state index is 0.156. The van der Waals surface area contributed by atoms with Crippen LogP contribution in [-0.4, -0.2) is 37.5 Å². The Labute approximate surface area is 172 Å². The molecule has 11 heteroatoms. The highest BCUT2D eigenvalue weighted by atomic mass is 16.6. The van der Waals surface area contributed by atoms with E-state index in [4.69, 9.17) is 9.47 Å². The van der Waals surface area contributed by atoms with Crippen molar-refractivity contribution in [2.45, 2.75) is 33.5 Å². The Morgan fingerprint density at radius 3 is 2.73 bits per heavy atom. The van der Waals surface area contributed by atoms with Crippen molar-refractivity contribution in [1.82, 2.24) is 19.6 Å². The zero-order valence-corrected chi connectivity index (χ0v) is 17.0. The molecule has 0 fully saturated rings. The molecule has 2 heterocycles. The molecule has 0 saturated carbocycles. The molecule has 2 aromatic heterocycles. The second-order valence-electron chi connectivity index (χ2n) is 6.74. The van der Waals surface area contributed by atoms with Gasteiger partial charge in [-0.25, -0.2) is 9.36 Å². The Balaban J connectivity index is 1.62. The van der Waals surface area contributed by atoms with Gasteiger partial charge in [0.25, 0.3) is 0 Å². The van der Waals surface area contributed by atoms with Crippen molar-refractivity contribution in [3.63, 3.8) is 0 Å². The minimum Gasteiger partial charge on any atom is -0.475 e. The molecule has 1 unspecified atom stereocenters. The lowest BCUT2D eigenvalue weighted by atomic mass is 10.1. The van der Waals surface area contributed by atoms with Crippen LogP contribution in [0.25, 0.3) is 0 Å². The Hall–Kier alpha value is -3.89. The molecule has 0 saturated heterocycles. The zero-order valence-electron chi connectivity index (χ0n) is 17.0. The Kier molecular flexibility index (Phi) is 6.00. The third-order valence-electron chi connectivity index (χ3n) is 4.43. The van der Waals surface area contributed by atoms with Gasteiger partial charge >= 0.3 is 11.6 Å². The van der Waals surface area contributed by atoms with Crippen LogP contribution in [0.5, 0.6) is 11.6 Å². The number of hydrogen-bond donors (Lipinski definition) is 1. The predicted octanol–water partition coefficient (Wildman–Crippen LogP) is 2.85. The van der Waals surface area contributed by atoms with Gasteiger partial charge in [0.05, 0.1) is 30.1 Å². The number of nitro groups is 1. The van der Waals surface area contributed by atoms with Gasteiger partial charge in [0.1, 0.15) is 18.0 Å². The number of carbonyl (C=O) groups excluding carboxylic acids is 1. The fourth-order valence-corrected chi connectivity index (χ4v) is 2.80. The van der Waals surface area contributed by atoms with Crippen LogP contribution in [0, 0.1) is 24.0 Å². The summed E-state index contributed by atoms with van der Waals surface area (Å²) in [4.78, 5) is 22.9. The van der Waals surface area contributed by atoms with Crippen molar-refractivity contribution >= 4 is 17.3 Å². The van der Waals surface area contributed by atoms with Crippen molar-refractivity contribution in [3.8, 4) is 11.6 Å². The second kappa shape index (κ2) is 8.64. The van der Waals surface area contributed by atoms with E-state index in [1.807, 2.05) is 32.0 Å². The topological polar surface area (TPSA) is 126 Å². The van der Waals surface area contributed by atoms with E-state index in [1.165, 1.54) is 18.0 Å². The fraction of sp³-hybridized carbons (Fsp3) is 0.316. The van der Waals surface area contributed by atoms with E-state index < -0.39 is 16.9 Å². The maximum atomic E-state index is 12.5. The minimum atomic E-state index is -0.803. The smallest absolute Gasteiger partial charge is 0.350 e. The average molecular weight is 414 g/mol. The summed E-state index contributed by atoms with van der Waals surface area (Å²) < 4.78 is 13.4. The quantitative estimate of drug-likeness (QED) is 0.443. The SMILES string of the molecule is COc1nn(C(C)C(=O)Nc2cnn(COc3ccc(C)cc3C)c2)cc1[N+](=O)[O-]. The number of anilines is 1. The number of amides is 1. The van der Waals surface area contributed by atoms with E-state index in [0.717, 1.165) is 23.1 Å². The monoisotopic (exact) mass is 414 g/mol. The highest BCUT2D eigenvalue weighted by Crippen LogP contribution is 2.26. The van der Waals surface area contributed by atoms with Crippen LogP contribution < -0.4 is 14.8 Å². The summed E-state index contributed by atoms with van der Waals surface area (Å²) in [5, 5.41) is 21.8. The molecule has 0 bridgehead atoms. The van der Waals surface area contributed by atoms with Gasteiger partial charge in [0.15, 0.2) is 6.73 Å². The molecule has 0 radical (unpaired) electrons. The van der Waals surface area contributed by atoms with Crippen LogP contribution in [0.3, 0.4) is 0 Å². The molecule has 11 nitrogen and oxygen atoms in total. The molecule has 1 amide bonds. The van der Waals surface area contributed by atoms with Gasteiger partial charge in [0.2, 0.25) is 5.91 Å². The molecule has 3 aromatic rings. The van der Waals surface area contributed by atoms with Gasteiger partial charge in [-0.15, -0.1) is 5.10 Å². The summed E-state index contributed by atoms with van der Waals surface area (Å²) >= 11 is 0. The van der Waals surface area contributed by atoms with E-state index in [9.17, 15) is 14.9 Å². The van der Waals surface area contributed by atoms with E-state index in [0.29, 0.717) is 5.69 Å². The van der Waals surface area contributed by atoms with Gasteiger partial charge in [-0.05, 0) is 32.4 Å². The molecule has 0 spiro atoms. The standard InChI is InChI=1S/C19H22N6O5/c1-12-5-6-17(13(2)7-12)30-11-23-9-15(8-20-23)21-18(26)14(3)24-10-16(25(27)28)19(22-24)29-4/h5-10,14H,11H2,1-4H3,(H,21,26). The number of benzene rings is 1. The summed E-state index contributed by atoms with van der Waals surface area (Å²) in [6.45, 7) is 5.72. The van der Waals surface area contributed by atoms with Crippen LogP contribution in [0.1, 0.15) is 24.1 Å².